The average Bonchev–Trinajstić information content (AvgIpc) is 2.46. The van der Waals surface area contributed by atoms with Crippen molar-refractivity contribution < 1.29 is 23.1 Å². The fraction of sp³-hybridized carbons (Fsp3) is 0.533. The van der Waals surface area contributed by atoms with Crippen LogP contribution in [-0.4, -0.2) is 23.8 Å². The van der Waals surface area contributed by atoms with Crippen LogP contribution in [0, 0.1) is 5.92 Å². The van der Waals surface area contributed by atoms with Gasteiger partial charge in [0.25, 0.3) is 0 Å². The van der Waals surface area contributed by atoms with Gasteiger partial charge >= 0.3 is 12.2 Å². The van der Waals surface area contributed by atoms with E-state index in [9.17, 15) is 23.1 Å². The molecule has 1 aromatic carbocycles. The van der Waals surface area contributed by atoms with Crippen molar-refractivity contribution in [2.75, 3.05) is 11.9 Å². The fourth-order valence-electron chi connectivity index (χ4n) is 2.66. The number of hydrogen-bond acceptors (Lipinski definition) is 2. The molecule has 2 rings (SSSR count). The quantitative estimate of drug-likeness (QED) is 0.800. The molecular formula is C15H19F3N2O2. The first kappa shape index (κ1) is 16.6. The number of anilines is 1. The van der Waals surface area contributed by atoms with Crippen molar-refractivity contribution in [3.63, 3.8) is 0 Å². The van der Waals surface area contributed by atoms with E-state index in [0.29, 0.717) is 6.42 Å². The number of nitrogens with one attached hydrogen (secondary N) is 2. The highest BCUT2D eigenvalue weighted by molar-refractivity contribution is 5.90. The number of aliphatic hydroxyl groups excluding tert-OH is 1. The average molecular weight is 316 g/mol. The standard InChI is InChI=1S/C15H19F3N2O2/c16-15(17,18)11-6-2-3-7-12(11)20-14(22)19-9-10-5-1-4-8-13(10)21/h2-3,6-7,10,13,21H,1,4-5,8-9H2,(H2,19,20,22)/t10-,13+/m1/s1. The highest BCUT2D eigenvalue weighted by atomic mass is 19.4. The molecule has 0 aromatic heterocycles. The summed E-state index contributed by atoms with van der Waals surface area (Å²) in [4.78, 5) is 11.8. The number of rotatable bonds is 3. The number of carbonyl (C=O) groups excluding carboxylic acids is 1. The van der Waals surface area contributed by atoms with Crippen molar-refractivity contribution in [2.45, 2.75) is 38.0 Å². The Morgan fingerprint density at radius 3 is 2.59 bits per heavy atom. The molecule has 1 aromatic rings. The summed E-state index contributed by atoms with van der Waals surface area (Å²) in [6, 6.07) is 4.12. The number of urea groups is 1. The zero-order chi connectivity index (χ0) is 16.2. The van der Waals surface area contributed by atoms with Crippen LogP contribution in [0.2, 0.25) is 0 Å². The number of amides is 2. The van der Waals surface area contributed by atoms with Crippen LogP contribution >= 0.6 is 0 Å². The maximum atomic E-state index is 12.8. The largest absolute Gasteiger partial charge is 0.418 e. The third-order valence-corrected chi connectivity index (χ3v) is 3.87. The monoisotopic (exact) mass is 316 g/mol. The summed E-state index contributed by atoms with van der Waals surface area (Å²) < 4.78 is 38.5. The van der Waals surface area contributed by atoms with Gasteiger partial charge in [0.15, 0.2) is 0 Å². The third kappa shape index (κ3) is 4.37. The molecule has 0 aliphatic heterocycles. The van der Waals surface area contributed by atoms with E-state index in [-0.39, 0.29) is 18.2 Å². The molecule has 0 spiro atoms. The summed E-state index contributed by atoms with van der Waals surface area (Å²) in [7, 11) is 0. The number of alkyl halides is 3. The van der Waals surface area contributed by atoms with Gasteiger partial charge < -0.3 is 15.7 Å². The van der Waals surface area contributed by atoms with Gasteiger partial charge in [-0.1, -0.05) is 25.0 Å². The van der Waals surface area contributed by atoms with Crippen LogP contribution in [-0.2, 0) is 6.18 Å². The predicted molar refractivity (Wildman–Crippen MR) is 76.4 cm³/mol. The summed E-state index contributed by atoms with van der Waals surface area (Å²) in [6.07, 6.45) is -1.53. The van der Waals surface area contributed by atoms with Crippen LogP contribution in [0.4, 0.5) is 23.7 Å². The number of carbonyl (C=O) groups is 1. The lowest BCUT2D eigenvalue weighted by atomic mass is 9.86. The van der Waals surface area contributed by atoms with E-state index in [0.717, 1.165) is 25.3 Å². The van der Waals surface area contributed by atoms with Gasteiger partial charge in [-0.3, -0.25) is 0 Å². The number of benzene rings is 1. The van der Waals surface area contributed by atoms with Crippen LogP contribution in [0.25, 0.3) is 0 Å². The van der Waals surface area contributed by atoms with Crippen LogP contribution < -0.4 is 10.6 Å². The fourth-order valence-corrected chi connectivity index (χ4v) is 2.66. The molecular weight excluding hydrogens is 297 g/mol. The molecule has 7 heteroatoms. The van der Waals surface area contributed by atoms with Gasteiger partial charge in [0, 0.05) is 12.5 Å². The minimum absolute atomic E-state index is 0.0441. The van der Waals surface area contributed by atoms with Crippen LogP contribution in [0.3, 0.4) is 0 Å². The molecule has 122 valence electrons. The first-order valence-corrected chi connectivity index (χ1v) is 7.27. The van der Waals surface area contributed by atoms with Gasteiger partial charge in [0.1, 0.15) is 0 Å². The summed E-state index contributed by atoms with van der Waals surface area (Å²) >= 11 is 0. The molecule has 0 unspecified atom stereocenters. The molecule has 1 aliphatic carbocycles. The van der Waals surface area contributed by atoms with E-state index in [1.807, 2.05) is 0 Å². The van der Waals surface area contributed by atoms with Crippen LogP contribution in [0.5, 0.6) is 0 Å². The van der Waals surface area contributed by atoms with Crippen molar-refractivity contribution in [1.29, 1.82) is 0 Å². The Morgan fingerprint density at radius 2 is 1.91 bits per heavy atom. The second-order valence-electron chi connectivity index (χ2n) is 5.49. The number of hydrogen-bond donors (Lipinski definition) is 3. The van der Waals surface area contributed by atoms with E-state index in [1.54, 1.807) is 0 Å². The SMILES string of the molecule is O=C(NC[C@H]1CCCC[C@@H]1O)Nc1ccccc1C(F)(F)F. The summed E-state index contributed by atoms with van der Waals surface area (Å²) in [5.41, 5.74) is -1.17. The van der Waals surface area contributed by atoms with Crippen molar-refractivity contribution in [3.05, 3.63) is 29.8 Å². The minimum Gasteiger partial charge on any atom is -0.393 e. The lowest BCUT2D eigenvalue weighted by molar-refractivity contribution is -0.136. The second-order valence-corrected chi connectivity index (χ2v) is 5.49. The first-order chi connectivity index (χ1) is 10.4. The third-order valence-electron chi connectivity index (χ3n) is 3.87. The van der Waals surface area contributed by atoms with Crippen molar-refractivity contribution in [3.8, 4) is 0 Å². The molecule has 2 amide bonds. The topological polar surface area (TPSA) is 61.4 Å². The summed E-state index contributed by atoms with van der Waals surface area (Å²) in [6.45, 7) is 0.251. The highest BCUT2D eigenvalue weighted by Crippen LogP contribution is 2.34. The maximum Gasteiger partial charge on any atom is 0.418 e. The zero-order valence-corrected chi connectivity index (χ0v) is 12.0. The summed E-state index contributed by atoms with van der Waals surface area (Å²) in [5.74, 6) is -0.0441. The molecule has 22 heavy (non-hydrogen) atoms. The number of aliphatic hydroxyl groups is 1. The number of halogens is 3. The van der Waals surface area contributed by atoms with Gasteiger partial charge in [-0.25, -0.2) is 4.79 Å². The van der Waals surface area contributed by atoms with Gasteiger partial charge in [0.2, 0.25) is 0 Å². The maximum absolute atomic E-state index is 12.8. The lowest BCUT2D eigenvalue weighted by Crippen LogP contribution is -2.38. The Balaban J connectivity index is 1.92. The van der Waals surface area contributed by atoms with E-state index in [2.05, 4.69) is 10.6 Å². The molecule has 1 fully saturated rings. The second kappa shape index (κ2) is 7.00. The molecule has 4 nitrogen and oxygen atoms in total. The molecule has 0 radical (unpaired) electrons. The Kier molecular flexibility index (Phi) is 5.28. The van der Waals surface area contributed by atoms with E-state index >= 15 is 0 Å². The Hall–Kier alpha value is -1.76. The van der Waals surface area contributed by atoms with E-state index < -0.39 is 23.9 Å². The molecule has 0 saturated heterocycles. The normalized spacial score (nSPS) is 22.2. The first-order valence-electron chi connectivity index (χ1n) is 7.27. The Morgan fingerprint density at radius 1 is 1.23 bits per heavy atom. The lowest BCUT2D eigenvalue weighted by Gasteiger charge is -2.27. The molecule has 2 atom stereocenters. The number of para-hydroxylation sites is 1. The Bertz CT molecular complexity index is 520. The van der Waals surface area contributed by atoms with Crippen molar-refractivity contribution in [1.82, 2.24) is 5.32 Å². The van der Waals surface area contributed by atoms with Gasteiger partial charge in [-0.05, 0) is 25.0 Å². The molecule has 0 heterocycles. The van der Waals surface area contributed by atoms with Crippen LogP contribution in [0.1, 0.15) is 31.2 Å². The molecule has 1 aliphatic rings. The molecule has 0 bridgehead atoms. The van der Waals surface area contributed by atoms with E-state index in [1.165, 1.54) is 18.2 Å². The van der Waals surface area contributed by atoms with Gasteiger partial charge in [0.05, 0.1) is 17.4 Å². The van der Waals surface area contributed by atoms with Crippen LogP contribution in [0.15, 0.2) is 24.3 Å². The van der Waals surface area contributed by atoms with Crippen molar-refractivity contribution in [2.24, 2.45) is 5.92 Å². The van der Waals surface area contributed by atoms with E-state index in [4.69, 9.17) is 0 Å². The molecule has 3 N–H and O–H groups in total. The Labute approximate surface area is 126 Å². The summed E-state index contributed by atoms with van der Waals surface area (Å²) in [5, 5.41) is 14.6. The zero-order valence-electron chi connectivity index (χ0n) is 12.0. The predicted octanol–water partition coefficient (Wildman–Crippen LogP) is 3.38. The molecule has 1 saturated carbocycles. The minimum atomic E-state index is -4.52. The van der Waals surface area contributed by atoms with Gasteiger partial charge in [-0.15, -0.1) is 0 Å². The van der Waals surface area contributed by atoms with Gasteiger partial charge in [-0.2, -0.15) is 13.2 Å². The highest BCUT2D eigenvalue weighted by Gasteiger charge is 2.33. The smallest absolute Gasteiger partial charge is 0.393 e. The van der Waals surface area contributed by atoms with Crippen molar-refractivity contribution >= 4 is 11.7 Å².